The van der Waals surface area contributed by atoms with Crippen LogP contribution < -0.4 is 20.9 Å². The molecule has 0 radical (unpaired) electrons. The third-order valence-electron chi connectivity index (χ3n) is 14.1. The fraction of sp³-hybridized carbons (Fsp3) is 0.529. The van der Waals surface area contributed by atoms with Crippen molar-refractivity contribution in [1.29, 1.82) is 0 Å². The van der Waals surface area contributed by atoms with Crippen molar-refractivity contribution in [3.8, 4) is 0 Å². The lowest BCUT2D eigenvalue weighted by atomic mass is 9.91. The van der Waals surface area contributed by atoms with Crippen molar-refractivity contribution in [3.05, 3.63) is 89.4 Å². The molecule has 3 N–H and O–H groups in total. The highest BCUT2D eigenvalue weighted by atomic mass is 16.5. The van der Waals surface area contributed by atoms with Gasteiger partial charge in [0.25, 0.3) is 11.8 Å². The number of aromatic nitrogens is 2. The molecular weight excluding hydrogens is 881 g/mol. The van der Waals surface area contributed by atoms with E-state index in [1.807, 2.05) is 40.1 Å². The Bertz CT molecular complexity index is 2270. The zero-order valence-corrected chi connectivity index (χ0v) is 39.5. The molecule has 4 saturated heterocycles. The van der Waals surface area contributed by atoms with E-state index >= 15 is 0 Å². The minimum absolute atomic E-state index is 0.0138. The van der Waals surface area contributed by atoms with Gasteiger partial charge in [0, 0.05) is 126 Å². The number of nitrogens with one attached hydrogen (secondary N) is 3. The number of unbranched alkanes of at least 4 members (excludes halogenated alkanes) is 1. The van der Waals surface area contributed by atoms with Gasteiger partial charge in [0.15, 0.2) is 0 Å². The Morgan fingerprint density at radius 1 is 0.797 bits per heavy atom. The Hall–Kier alpha value is -6.24. The normalized spacial score (nSPS) is 19.5. The topological polar surface area (TPSA) is 199 Å². The quantitative estimate of drug-likeness (QED) is 0.0848. The van der Waals surface area contributed by atoms with Gasteiger partial charge >= 0.3 is 0 Å². The number of carbonyl (C=O) groups excluding carboxylic acids is 6. The van der Waals surface area contributed by atoms with Crippen LogP contribution in [0.1, 0.15) is 89.6 Å². The number of carbonyl (C=O) groups is 6. The van der Waals surface area contributed by atoms with Gasteiger partial charge in [-0.05, 0) is 86.4 Å². The Kier molecular flexibility index (Phi) is 17.4. The van der Waals surface area contributed by atoms with Gasteiger partial charge in [-0.3, -0.25) is 44.0 Å². The van der Waals surface area contributed by atoms with E-state index in [9.17, 15) is 28.8 Å². The summed E-state index contributed by atoms with van der Waals surface area (Å²) in [6.45, 7) is 8.80. The number of likely N-dealkylation sites (tertiary alicyclic amines) is 1. The maximum Gasteiger partial charge on any atom is 0.255 e. The molecule has 1 atom stereocenters. The van der Waals surface area contributed by atoms with Crippen molar-refractivity contribution in [2.45, 2.75) is 76.4 Å². The first-order valence-corrected chi connectivity index (χ1v) is 24.7. The van der Waals surface area contributed by atoms with Crippen LogP contribution in [0.4, 0.5) is 11.5 Å². The van der Waals surface area contributed by atoms with Crippen LogP contribution in [-0.4, -0.2) is 169 Å². The second-order valence-electron chi connectivity index (χ2n) is 18.5. The van der Waals surface area contributed by atoms with Crippen LogP contribution in [0.2, 0.25) is 0 Å². The Labute approximate surface area is 404 Å². The summed E-state index contributed by atoms with van der Waals surface area (Å²) in [6.07, 6.45) is 16.1. The molecule has 0 spiro atoms. The molecule has 2 aromatic heterocycles. The van der Waals surface area contributed by atoms with Gasteiger partial charge in [0.1, 0.15) is 18.5 Å². The summed E-state index contributed by atoms with van der Waals surface area (Å²) in [5.74, 6) is 0.477. The van der Waals surface area contributed by atoms with Crippen molar-refractivity contribution in [2.75, 3.05) is 102 Å². The predicted molar refractivity (Wildman–Crippen MR) is 259 cm³/mol. The van der Waals surface area contributed by atoms with Crippen LogP contribution >= 0.6 is 0 Å². The lowest BCUT2D eigenvalue weighted by Crippen LogP contribution is -2.55. The molecule has 0 saturated carbocycles. The van der Waals surface area contributed by atoms with E-state index in [2.05, 4.69) is 30.7 Å². The van der Waals surface area contributed by atoms with Crippen LogP contribution in [0.25, 0.3) is 6.08 Å². The van der Waals surface area contributed by atoms with E-state index in [-0.39, 0.29) is 42.6 Å². The predicted octanol–water partition coefficient (Wildman–Crippen LogP) is 3.35. The molecule has 1 unspecified atom stereocenters. The third kappa shape index (κ3) is 13.3. The molecule has 6 amide bonds. The molecule has 5 aliphatic heterocycles. The average molecular weight is 947 g/mol. The Balaban J connectivity index is 0.643. The zero-order chi connectivity index (χ0) is 48.0. The standard InChI is InChI=1S/C51H66N10O8/c62-46(13-9-38-6-4-19-52-33-38)54-20-2-1-5-37-15-22-60(23-16-37)50(66)39-10-12-45(55-34-39)58-24-17-40(18-25-58)57-26-28-59(29-27-57)48(64)36-69-32-31-68-30-21-53-43-8-3-7-41-42(43)35-61(51(41)67)44-11-14-47(63)56-49(44)65/h3-4,6-10,12-13,19,33-34,37,40,44,53H,1-2,5,11,14-18,20-32,35-36H2,(H,54,62)(H,56,63,65)/b13-9+. The first-order valence-electron chi connectivity index (χ1n) is 24.7. The van der Waals surface area contributed by atoms with Gasteiger partial charge in [-0.1, -0.05) is 25.0 Å². The molecule has 4 fully saturated rings. The van der Waals surface area contributed by atoms with Crippen LogP contribution in [0.5, 0.6) is 0 Å². The van der Waals surface area contributed by atoms with Gasteiger partial charge in [0.05, 0.1) is 25.4 Å². The third-order valence-corrected chi connectivity index (χ3v) is 14.1. The largest absolute Gasteiger partial charge is 0.382 e. The van der Waals surface area contributed by atoms with Crippen molar-refractivity contribution >= 4 is 53.0 Å². The first kappa shape index (κ1) is 49.2. The van der Waals surface area contributed by atoms with Gasteiger partial charge < -0.3 is 39.7 Å². The van der Waals surface area contributed by atoms with E-state index in [0.29, 0.717) is 82.1 Å². The lowest BCUT2D eigenvalue weighted by molar-refractivity contribution is -0.139. The molecule has 1 aromatic carbocycles. The smallest absolute Gasteiger partial charge is 0.255 e. The van der Waals surface area contributed by atoms with E-state index in [0.717, 1.165) is 107 Å². The van der Waals surface area contributed by atoms with E-state index in [1.165, 1.54) is 4.90 Å². The zero-order valence-electron chi connectivity index (χ0n) is 39.5. The number of ether oxygens (including phenoxy) is 2. The molecule has 8 rings (SSSR count). The number of fused-ring (bicyclic) bond motifs is 1. The van der Waals surface area contributed by atoms with Gasteiger partial charge in [0.2, 0.25) is 23.6 Å². The molecule has 5 aliphatic rings. The second-order valence-corrected chi connectivity index (χ2v) is 18.5. The summed E-state index contributed by atoms with van der Waals surface area (Å²) >= 11 is 0. The lowest BCUT2D eigenvalue weighted by Gasteiger charge is -2.43. The monoisotopic (exact) mass is 947 g/mol. The van der Waals surface area contributed by atoms with Crippen LogP contribution in [0.15, 0.2) is 67.1 Å². The van der Waals surface area contributed by atoms with Crippen molar-refractivity contribution in [1.82, 2.24) is 40.2 Å². The molecule has 3 aromatic rings. The van der Waals surface area contributed by atoms with Crippen LogP contribution in [0, 0.1) is 5.92 Å². The maximum absolute atomic E-state index is 13.4. The fourth-order valence-corrected chi connectivity index (χ4v) is 10.1. The molecule has 7 heterocycles. The van der Waals surface area contributed by atoms with Gasteiger partial charge in [-0.25, -0.2) is 4.98 Å². The number of pyridine rings is 2. The molecule has 69 heavy (non-hydrogen) atoms. The number of hydrogen-bond donors (Lipinski definition) is 3. The molecule has 18 heteroatoms. The van der Waals surface area contributed by atoms with Crippen LogP contribution in [-0.2, 0) is 35.2 Å². The summed E-state index contributed by atoms with van der Waals surface area (Å²) in [5, 5.41) is 8.63. The number of benzene rings is 1. The van der Waals surface area contributed by atoms with Gasteiger partial charge in [-0.15, -0.1) is 0 Å². The molecule has 0 aliphatic carbocycles. The van der Waals surface area contributed by atoms with E-state index < -0.39 is 11.9 Å². The number of rotatable bonds is 20. The summed E-state index contributed by atoms with van der Waals surface area (Å²) < 4.78 is 11.4. The summed E-state index contributed by atoms with van der Waals surface area (Å²) in [5.41, 5.74) is 3.71. The minimum atomic E-state index is -0.659. The SMILES string of the molecule is O=C(/C=C/c1cccnc1)NCCCCC1CCN(C(=O)c2ccc(N3CCC(N4CCN(C(=O)COCCOCCNc5cccc6c5CN(C5CCC(=O)NC5=O)C6=O)CC4)CC3)nc2)CC1. The maximum atomic E-state index is 13.4. The number of amides is 6. The van der Waals surface area contributed by atoms with Crippen LogP contribution in [0.3, 0.4) is 0 Å². The number of nitrogens with zero attached hydrogens (tertiary/aromatic N) is 7. The molecule has 0 bridgehead atoms. The molecular formula is C51H66N10O8. The van der Waals surface area contributed by atoms with Crippen molar-refractivity contribution in [2.24, 2.45) is 5.92 Å². The summed E-state index contributed by atoms with van der Waals surface area (Å²) in [4.78, 5) is 94.5. The average Bonchev–Trinajstić information content (AvgIpc) is 3.72. The second kappa shape index (κ2) is 24.4. The highest BCUT2D eigenvalue weighted by molar-refractivity contribution is 6.06. The molecule has 18 nitrogen and oxygen atoms in total. The van der Waals surface area contributed by atoms with Crippen molar-refractivity contribution in [3.63, 3.8) is 0 Å². The highest BCUT2D eigenvalue weighted by Gasteiger charge is 2.40. The first-order chi connectivity index (χ1) is 33.7. The summed E-state index contributed by atoms with van der Waals surface area (Å²) in [6, 6.07) is 12.9. The Morgan fingerprint density at radius 3 is 2.36 bits per heavy atom. The molecule has 368 valence electrons. The number of hydrogen-bond acceptors (Lipinski definition) is 13. The number of piperidine rings is 3. The van der Waals surface area contributed by atoms with E-state index in [4.69, 9.17) is 14.5 Å². The van der Waals surface area contributed by atoms with E-state index in [1.54, 1.807) is 42.9 Å². The van der Waals surface area contributed by atoms with Gasteiger partial charge in [-0.2, -0.15) is 0 Å². The number of imide groups is 1. The fourth-order valence-electron chi connectivity index (χ4n) is 10.1. The minimum Gasteiger partial charge on any atom is -0.382 e. The number of piperazine rings is 1. The number of anilines is 2. The summed E-state index contributed by atoms with van der Waals surface area (Å²) in [7, 11) is 0. The highest BCUT2D eigenvalue weighted by Crippen LogP contribution is 2.32. The van der Waals surface area contributed by atoms with Crippen molar-refractivity contribution < 1.29 is 38.2 Å². The Morgan fingerprint density at radius 2 is 1.61 bits per heavy atom.